The number of rotatable bonds is 1. The summed E-state index contributed by atoms with van der Waals surface area (Å²) in [6.07, 6.45) is 2.33. The lowest BCUT2D eigenvalue weighted by Crippen LogP contribution is -2.13. The van der Waals surface area contributed by atoms with Crippen LogP contribution in [0.25, 0.3) is 0 Å². The zero-order valence-electron chi connectivity index (χ0n) is 7.96. The van der Waals surface area contributed by atoms with Gasteiger partial charge in [0.25, 0.3) is 0 Å². The van der Waals surface area contributed by atoms with Gasteiger partial charge in [-0.3, -0.25) is 0 Å². The molecule has 84 valence electrons. The van der Waals surface area contributed by atoms with E-state index in [0.29, 0.717) is 11.8 Å². The lowest BCUT2D eigenvalue weighted by Gasteiger charge is -2.14. The highest BCUT2D eigenvalue weighted by molar-refractivity contribution is 14.1. The van der Waals surface area contributed by atoms with Crippen LogP contribution in [0.3, 0.4) is 0 Å². The number of halogens is 3. The smallest absolute Gasteiger partial charge is 0.133 e. The molecule has 0 spiro atoms. The molecule has 0 unspecified atom stereocenters. The maximum Gasteiger partial charge on any atom is 0.133 e. The second kappa shape index (κ2) is 5.88. The van der Waals surface area contributed by atoms with Crippen LogP contribution in [-0.4, -0.2) is 11.7 Å². The number of hydrogen-bond donors (Lipinski definition) is 2. The molecule has 1 aromatic rings. The van der Waals surface area contributed by atoms with Crippen LogP contribution in [0.4, 0.5) is 0 Å². The quantitative estimate of drug-likeness (QED) is 0.642. The Balaban J connectivity index is 0.00000112. The number of aromatic hydroxyl groups is 1. The number of hydrogen-bond acceptors (Lipinski definition) is 2. The summed E-state index contributed by atoms with van der Waals surface area (Å²) in [5, 5.41) is 13.3. The van der Waals surface area contributed by atoms with Crippen LogP contribution < -0.4 is 5.32 Å². The Morgan fingerprint density at radius 3 is 2.67 bits per heavy atom. The molecule has 1 saturated heterocycles. The molecule has 2 rings (SSSR count). The predicted molar refractivity (Wildman–Crippen MR) is 80.8 cm³/mol. The first kappa shape index (κ1) is 13.8. The number of phenols is 1. The highest BCUT2D eigenvalue weighted by Crippen LogP contribution is 2.34. The molecule has 1 aliphatic rings. The third-order valence-electron chi connectivity index (χ3n) is 2.49. The van der Waals surface area contributed by atoms with E-state index >= 15 is 0 Å². The Hall–Kier alpha value is 0.730. The van der Waals surface area contributed by atoms with Crippen LogP contribution in [0.2, 0.25) is 0 Å². The first-order chi connectivity index (χ1) is 6.68. The van der Waals surface area contributed by atoms with E-state index in [1.54, 1.807) is 0 Å². The van der Waals surface area contributed by atoms with Crippen molar-refractivity contribution in [3.05, 3.63) is 24.8 Å². The minimum absolute atomic E-state index is 0. The largest absolute Gasteiger partial charge is 0.506 e. The van der Waals surface area contributed by atoms with E-state index in [1.807, 2.05) is 6.07 Å². The van der Waals surface area contributed by atoms with Crippen molar-refractivity contribution in [2.24, 2.45) is 0 Å². The van der Waals surface area contributed by atoms with Crippen LogP contribution in [0.1, 0.15) is 24.4 Å². The van der Waals surface area contributed by atoms with Crippen LogP contribution in [0.15, 0.2) is 12.1 Å². The van der Waals surface area contributed by atoms with Gasteiger partial charge in [0.2, 0.25) is 0 Å². The molecule has 0 amide bonds. The second-order valence-electron chi connectivity index (χ2n) is 3.47. The molecule has 5 heteroatoms. The van der Waals surface area contributed by atoms with Crippen molar-refractivity contribution in [2.45, 2.75) is 18.9 Å². The molecule has 1 aromatic carbocycles. The second-order valence-corrected chi connectivity index (χ2v) is 5.88. The third-order valence-corrected chi connectivity index (χ3v) is 3.94. The van der Waals surface area contributed by atoms with Crippen LogP contribution in [-0.2, 0) is 0 Å². The van der Waals surface area contributed by atoms with Gasteiger partial charge in [0.15, 0.2) is 0 Å². The normalized spacial score (nSPS) is 20.0. The van der Waals surface area contributed by atoms with Crippen LogP contribution in [0.5, 0.6) is 5.75 Å². The summed E-state index contributed by atoms with van der Waals surface area (Å²) in [5.41, 5.74) is 1.05. The molecule has 1 atom stereocenters. The summed E-state index contributed by atoms with van der Waals surface area (Å²) in [7, 11) is 0. The average Bonchev–Trinajstić information content (AvgIpc) is 2.63. The summed E-state index contributed by atoms with van der Waals surface area (Å²) in [6.45, 7) is 1.06. The molecular formula is C10H12ClI2NO. The summed E-state index contributed by atoms with van der Waals surface area (Å²) >= 11 is 4.47. The van der Waals surface area contributed by atoms with Gasteiger partial charge in [0.1, 0.15) is 5.75 Å². The summed E-state index contributed by atoms with van der Waals surface area (Å²) in [6, 6.07) is 4.41. The van der Waals surface area contributed by atoms with Gasteiger partial charge in [-0.2, -0.15) is 0 Å². The fraction of sp³-hybridized carbons (Fsp3) is 0.400. The fourth-order valence-corrected chi connectivity index (χ4v) is 3.69. The first-order valence-electron chi connectivity index (χ1n) is 4.60. The van der Waals surface area contributed by atoms with E-state index in [4.69, 9.17) is 0 Å². The Bertz CT molecular complexity index is 354. The highest BCUT2D eigenvalue weighted by Gasteiger charge is 2.20. The third kappa shape index (κ3) is 3.10. The van der Waals surface area contributed by atoms with Crippen molar-refractivity contribution >= 4 is 57.6 Å². The van der Waals surface area contributed by atoms with E-state index in [9.17, 15) is 5.11 Å². The van der Waals surface area contributed by atoms with E-state index in [2.05, 4.69) is 56.6 Å². The topological polar surface area (TPSA) is 32.3 Å². The molecule has 0 bridgehead atoms. The summed E-state index contributed by atoms with van der Waals surface area (Å²) in [5.74, 6) is 0.449. The van der Waals surface area contributed by atoms with Crippen LogP contribution >= 0.6 is 57.6 Å². The number of phenolic OH excluding ortho intramolecular Hbond substituents is 1. The molecule has 1 aliphatic heterocycles. The number of nitrogens with one attached hydrogen (secondary N) is 1. The fourth-order valence-electron chi connectivity index (χ4n) is 1.80. The van der Waals surface area contributed by atoms with E-state index in [1.165, 1.54) is 9.99 Å². The number of benzene rings is 1. The zero-order valence-corrected chi connectivity index (χ0v) is 13.1. The lowest BCUT2D eigenvalue weighted by molar-refractivity contribution is 0.453. The van der Waals surface area contributed by atoms with Crippen molar-refractivity contribution in [2.75, 3.05) is 6.54 Å². The minimum Gasteiger partial charge on any atom is -0.506 e. The SMILES string of the molecule is Cl.Oc1c(I)cc(I)cc1[C@H]1CCCN1. The first-order valence-corrected chi connectivity index (χ1v) is 6.75. The van der Waals surface area contributed by atoms with Gasteiger partial charge in [0, 0.05) is 15.2 Å². The van der Waals surface area contributed by atoms with E-state index in [-0.39, 0.29) is 12.4 Å². The van der Waals surface area contributed by atoms with Gasteiger partial charge in [-0.25, -0.2) is 0 Å². The zero-order chi connectivity index (χ0) is 10.1. The van der Waals surface area contributed by atoms with Crippen molar-refractivity contribution in [3.63, 3.8) is 0 Å². The summed E-state index contributed by atoms with van der Waals surface area (Å²) in [4.78, 5) is 0. The maximum absolute atomic E-state index is 9.93. The van der Waals surface area contributed by atoms with Gasteiger partial charge in [-0.1, -0.05) is 0 Å². The molecule has 0 radical (unpaired) electrons. The molecule has 1 fully saturated rings. The van der Waals surface area contributed by atoms with Gasteiger partial charge < -0.3 is 10.4 Å². The summed E-state index contributed by atoms with van der Waals surface area (Å²) < 4.78 is 2.13. The Morgan fingerprint density at radius 1 is 1.33 bits per heavy atom. The molecule has 0 saturated carbocycles. The Labute approximate surface area is 123 Å². The van der Waals surface area contributed by atoms with Gasteiger partial charge >= 0.3 is 0 Å². The minimum atomic E-state index is 0. The predicted octanol–water partition coefficient (Wildman–Crippen LogP) is 3.45. The molecular weight excluding hydrogens is 439 g/mol. The Morgan fingerprint density at radius 2 is 2.07 bits per heavy atom. The van der Waals surface area contributed by atoms with Gasteiger partial charge in [0.05, 0.1) is 3.57 Å². The lowest BCUT2D eigenvalue weighted by atomic mass is 10.0. The molecule has 1 heterocycles. The van der Waals surface area contributed by atoms with Gasteiger partial charge in [-0.15, -0.1) is 12.4 Å². The molecule has 0 aliphatic carbocycles. The maximum atomic E-state index is 9.93. The van der Waals surface area contributed by atoms with E-state index in [0.717, 1.165) is 22.1 Å². The Kier molecular flexibility index (Phi) is 5.41. The van der Waals surface area contributed by atoms with Crippen molar-refractivity contribution < 1.29 is 5.11 Å². The monoisotopic (exact) mass is 451 g/mol. The van der Waals surface area contributed by atoms with Gasteiger partial charge in [-0.05, 0) is 76.7 Å². The average molecular weight is 451 g/mol. The molecule has 2 nitrogen and oxygen atoms in total. The molecule has 0 aromatic heterocycles. The molecule has 15 heavy (non-hydrogen) atoms. The van der Waals surface area contributed by atoms with Crippen molar-refractivity contribution in [1.29, 1.82) is 0 Å². The van der Waals surface area contributed by atoms with Crippen molar-refractivity contribution in [1.82, 2.24) is 5.32 Å². The van der Waals surface area contributed by atoms with E-state index < -0.39 is 0 Å². The standard InChI is InChI=1S/C10H11I2NO.ClH/c11-6-4-7(9-2-1-3-13-9)10(14)8(12)5-6;/h4-5,9,13-14H,1-3H2;1H/t9-;/m1./s1. The highest BCUT2D eigenvalue weighted by atomic mass is 127. The van der Waals surface area contributed by atoms with Crippen molar-refractivity contribution in [3.8, 4) is 5.75 Å². The molecule has 2 N–H and O–H groups in total. The van der Waals surface area contributed by atoms with Crippen LogP contribution in [0, 0.1) is 7.14 Å².